The van der Waals surface area contributed by atoms with E-state index < -0.39 is 18.6 Å². The predicted octanol–water partition coefficient (Wildman–Crippen LogP) is 2.97. The van der Waals surface area contributed by atoms with Crippen LogP contribution in [0.15, 0.2) is 15.2 Å². The average Bonchev–Trinajstić information content (AvgIpc) is 2.45. The zero-order chi connectivity index (χ0) is 10.8. The zero-order valence-corrected chi connectivity index (χ0v) is 9.34. The molecule has 80 valence electrons. The molecule has 0 radical (unpaired) electrons. The molecule has 1 aromatic heterocycles. The maximum Gasteiger partial charge on any atom is 0.390 e. The molecule has 2 nitrogen and oxygen atoms in total. The van der Waals surface area contributed by atoms with E-state index in [0.717, 1.165) is 0 Å². The first-order valence-corrected chi connectivity index (χ1v) is 5.42. The molecule has 1 rings (SSSR count). The molecule has 0 saturated carbocycles. The summed E-state index contributed by atoms with van der Waals surface area (Å²) < 4.78 is 37.0. The van der Waals surface area contributed by atoms with Gasteiger partial charge in [0.05, 0.1) is 12.5 Å². The predicted molar refractivity (Wildman–Crippen MR) is 52.8 cm³/mol. The molecule has 0 aliphatic heterocycles. The van der Waals surface area contributed by atoms with E-state index in [1.807, 2.05) is 0 Å². The van der Waals surface area contributed by atoms with Crippen LogP contribution in [0, 0.1) is 0 Å². The van der Waals surface area contributed by atoms with E-state index in [0.29, 0.717) is 10.0 Å². The van der Waals surface area contributed by atoms with Gasteiger partial charge in [0.25, 0.3) is 0 Å². The van der Waals surface area contributed by atoms with E-state index in [1.54, 1.807) is 10.8 Å². The number of thiophene rings is 1. The minimum atomic E-state index is -4.22. The third kappa shape index (κ3) is 3.23. The third-order valence-corrected chi connectivity index (χ3v) is 3.41. The van der Waals surface area contributed by atoms with Crippen LogP contribution < -0.4 is 11.3 Å². The fraction of sp³-hybridized carbons (Fsp3) is 0.429. The molecule has 1 unspecified atom stereocenters. The van der Waals surface area contributed by atoms with Gasteiger partial charge in [0.15, 0.2) is 0 Å². The van der Waals surface area contributed by atoms with Gasteiger partial charge in [-0.25, -0.2) is 0 Å². The third-order valence-electron chi connectivity index (χ3n) is 1.65. The van der Waals surface area contributed by atoms with Crippen LogP contribution >= 0.6 is 27.3 Å². The second kappa shape index (κ2) is 4.61. The molecule has 0 aliphatic carbocycles. The Hall–Kier alpha value is -0.110. The minimum absolute atomic E-state index is 0.537. The number of hydrogen-bond acceptors (Lipinski definition) is 3. The van der Waals surface area contributed by atoms with Crippen molar-refractivity contribution in [2.24, 2.45) is 5.84 Å². The molecule has 1 atom stereocenters. The number of nitrogens with two attached hydrogens (primary N) is 1. The van der Waals surface area contributed by atoms with Crippen LogP contribution in [-0.2, 0) is 0 Å². The van der Waals surface area contributed by atoms with Crippen LogP contribution in [0.1, 0.15) is 18.0 Å². The largest absolute Gasteiger partial charge is 0.390 e. The Balaban J connectivity index is 2.78. The van der Waals surface area contributed by atoms with Gasteiger partial charge in [-0.3, -0.25) is 11.3 Å². The Morgan fingerprint density at radius 1 is 1.50 bits per heavy atom. The van der Waals surface area contributed by atoms with Gasteiger partial charge in [-0.2, -0.15) is 24.5 Å². The first-order valence-electron chi connectivity index (χ1n) is 3.68. The number of halogens is 4. The van der Waals surface area contributed by atoms with Crippen molar-refractivity contribution < 1.29 is 13.2 Å². The van der Waals surface area contributed by atoms with Gasteiger partial charge in [0, 0.05) is 9.85 Å². The molecule has 7 heteroatoms. The second-order valence-corrected chi connectivity index (χ2v) is 4.31. The lowest BCUT2D eigenvalue weighted by Gasteiger charge is -2.17. The lowest BCUT2D eigenvalue weighted by molar-refractivity contribution is -0.140. The molecule has 0 aliphatic rings. The summed E-state index contributed by atoms with van der Waals surface area (Å²) in [5.41, 5.74) is 2.70. The van der Waals surface area contributed by atoms with Crippen molar-refractivity contribution in [3.63, 3.8) is 0 Å². The van der Waals surface area contributed by atoms with Crippen LogP contribution in [0.2, 0.25) is 0 Å². The van der Waals surface area contributed by atoms with Crippen LogP contribution in [0.5, 0.6) is 0 Å². The molecular weight excluding hydrogens is 281 g/mol. The Kier molecular flexibility index (Phi) is 3.94. The van der Waals surface area contributed by atoms with E-state index in [2.05, 4.69) is 21.4 Å². The molecule has 3 N–H and O–H groups in total. The zero-order valence-electron chi connectivity index (χ0n) is 6.94. The monoisotopic (exact) mass is 288 g/mol. The fourth-order valence-electron chi connectivity index (χ4n) is 1.03. The highest BCUT2D eigenvalue weighted by Crippen LogP contribution is 2.34. The van der Waals surface area contributed by atoms with Gasteiger partial charge >= 0.3 is 6.18 Å². The number of nitrogens with one attached hydrogen (secondary N) is 1. The van der Waals surface area contributed by atoms with E-state index in [-0.39, 0.29) is 0 Å². The molecule has 0 fully saturated rings. The van der Waals surface area contributed by atoms with Gasteiger partial charge in [0.1, 0.15) is 0 Å². The summed E-state index contributed by atoms with van der Waals surface area (Å²) in [5, 5.41) is 3.36. The van der Waals surface area contributed by atoms with Crippen molar-refractivity contribution in [3.05, 3.63) is 20.8 Å². The standard InChI is InChI=1S/C7H8BrF3N2S/c8-5-3-14-2-4(5)6(13-12)1-7(9,10)11/h2-3,6,13H,1,12H2. The number of hydrogen-bond donors (Lipinski definition) is 2. The molecule has 14 heavy (non-hydrogen) atoms. The molecule has 0 aromatic carbocycles. The highest BCUT2D eigenvalue weighted by atomic mass is 79.9. The summed E-state index contributed by atoms with van der Waals surface area (Å²) in [6, 6.07) is -0.893. The van der Waals surface area contributed by atoms with Crippen molar-refractivity contribution in [2.75, 3.05) is 0 Å². The summed E-state index contributed by atoms with van der Waals surface area (Å²) >= 11 is 4.49. The smallest absolute Gasteiger partial charge is 0.271 e. The van der Waals surface area contributed by atoms with Gasteiger partial charge in [-0.1, -0.05) is 0 Å². The molecular formula is C7H8BrF3N2S. The lowest BCUT2D eigenvalue weighted by Crippen LogP contribution is -2.31. The van der Waals surface area contributed by atoms with Gasteiger partial charge in [-0.15, -0.1) is 0 Å². The van der Waals surface area contributed by atoms with Gasteiger partial charge in [0.2, 0.25) is 0 Å². The molecule has 1 heterocycles. The Labute approximate surface area is 91.4 Å². The van der Waals surface area contributed by atoms with Crippen molar-refractivity contribution in [1.29, 1.82) is 0 Å². The molecule has 1 aromatic rings. The lowest BCUT2D eigenvalue weighted by atomic mass is 10.1. The minimum Gasteiger partial charge on any atom is -0.271 e. The summed E-state index contributed by atoms with van der Waals surface area (Å²) in [5.74, 6) is 5.07. The highest BCUT2D eigenvalue weighted by Gasteiger charge is 2.33. The molecule has 0 bridgehead atoms. The van der Waals surface area contributed by atoms with E-state index >= 15 is 0 Å². The summed E-state index contributed by atoms with van der Waals surface area (Å²) in [4.78, 5) is 0. The quantitative estimate of drug-likeness (QED) is 0.663. The Morgan fingerprint density at radius 2 is 2.14 bits per heavy atom. The second-order valence-electron chi connectivity index (χ2n) is 2.71. The molecule has 0 amide bonds. The topological polar surface area (TPSA) is 38.0 Å². The van der Waals surface area contributed by atoms with Crippen molar-refractivity contribution in [1.82, 2.24) is 5.43 Å². The van der Waals surface area contributed by atoms with Crippen molar-refractivity contribution in [2.45, 2.75) is 18.6 Å². The van der Waals surface area contributed by atoms with E-state index in [1.165, 1.54) is 11.3 Å². The summed E-state index contributed by atoms with van der Waals surface area (Å²) in [6.45, 7) is 0. The first-order chi connectivity index (χ1) is 6.44. The summed E-state index contributed by atoms with van der Waals surface area (Å²) in [7, 11) is 0. The first kappa shape index (κ1) is 12.0. The maximum atomic E-state index is 12.1. The van der Waals surface area contributed by atoms with Gasteiger partial charge < -0.3 is 0 Å². The van der Waals surface area contributed by atoms with Crippen LogP contribution in [0.25, 0.3) is 0 Å². The maximum absolute atomic E-state index is 12.1. The SMILES string of the molecule is NNC(CC(F)(F)F)c1cscc1Br. The fourth-order valence-corrected chi connectivity index (χ4v) is 2.66. The molecule has 0 spiro atoms. The van der Waals surface area contributed by atoms with Crippen LogP contribution in [0.4, 0.5) is 13.2 Å². The number of rotatable bonds is 3. The number of alkyl halides is 3. The van der Waals surface area contributed by atoms with Gasteiger partial charge in [-0.05, 0) is 26.9 Å². The summed E-state index contributed by atoms with van der Waals surface area (Å²) in [6.07, 6.45) is -5.20. The average molecular weight is 289 g/mol. The Morgan fingerprint density at radius 3 is 2.50 bits per heavy atom. The number of hydrazine groups is 1. The van der Waals surface area contributed by atoms with E-state index in [9.17, 15) is 13.2 Å². The van der Waals surface area contributed by atoms with Crippen LogP contribution in [-0.4, -0.2) is 6.18 Å². The Bertz CT molecular complexity index is 299. The van der Waals surface area contributed by atoms with Crippen molar-refractivity contribution >= 4 is 27.3 Å². The highest BCUT2D eigenvalue weighted by molar-refractivity contribution is 9.10. The van der Waals surface area contributed by atoms with Crippen LogP contribution in [0.3, 0.4) is 0 Å². The molecule has 0 saturated heterocycles. The normalized spacial score (nSPS) is 14.4. The van der Waals surface area contributed by atoms with Crippen molar-refractivity contribution in [3.8, 4) is 0 Å². The van der Waals surface area contributed by atoms with E-state index in [4.69, 9.17) is 5.84 Å².